The smallest absolute Gasteiger partial charge is 0.287 e. The molecular formula is C21H29N3O6S. The van der Waals surface area contributed by atoms with Crippen molar-refractivity contribution in [3.8, 4) is 5.75 Å². The zero-order valence-electron chi connectivity index (χ0n) is 17.8. The molecule has 0 saturated carbocycles. The Hall–Kier alpha value is -2.40. The van der Waals surface area contributed by atoms with E-state index in [-0.39, 0.29) is 17.4 Å². The molecular weight excluding hydrogens is 422 g/mol. The average molecular weight is 452 g/mol. The molecule has 1 fully saturated rings. The van der Waals surface area contributed by atoms with Gasteiger partial charge in [-0.25, -0.2) is 13.1 Å². The van der Waals surface area contributed by atoms with Crippen LogP contribution >= 0.6 is 0 Å². The molecule has 1 aromatic carbocycles. The third kappa shape index (κ3) is 6.54. The van der Waals surface area contributed by atoms with Crippen molar-refractivity contribution in [1.29, 1.82) is 0 Å². The lowest BCUT2D eigenvalue weighted by molar-refractivity contribution is 0.0392. The van der Waals surface area contributed by atoms with Crippen molar-refractivity contribution >= 4 is 15.9 Å². The number of hydrogen-bond acceptors (Lipinski definition) is 7. The van der Waals surface area contributed by atoms with Crippen LogP contribution in [0.4, 0.5) is 0 Å². The van der Waals surface area contributed by atoms with Gasteiger partial charge in [-0.3, -0.25) is 9.69 Å². The highest BCUT2D eigenvalue weighted by Crippen LogP contribution is 2.16. The third-order valence-corrected chi connectivity index (χ3v) is 6.50. The zero-order valence-corrected chi connectivity index (χ0v) is 18.6. The molecule has 0 aliphatic carbocycles. The highest BCUT2D eigenvalue weighted by Gasteiger charge is 2.20. The second-order valence-corrected chi connectivity index (χ2v) is 9.15. The zero-order chi connectivity index (χ0) is 22.3. The van der Waals surface area contributed by atoms with Crippen LogP contribution in [-0.2, 0) is 21.3 Å². The predicted octanol–water partition coefficient (Wildman–Crippen LogP) is 1.61. The van der Waals surface area contributed by atoms with Crippen molar-refractivity contribution in [2.45, 2.75) is 30.5 Å². The van der Waals surface area contributed by atoms with Crippen LogP contribution in [0.15, 0.2) is 45.9 Å². The van der Waals surface area contributed by atoms with E-state index in [0.717, 1.165) is 43.9 Å². The summed E-state index contributed by atoms with van der Waals surface area (Å²) in [5.74, 6) is 0.159. The number of amides is 1. The summed E-state index contributed by atoms with van der Waals surface area (Å²) in [4.78, 5) is 14.6. The normalized spacial score (nSPS) is 15.2. The largest absolute Gasteiger partial charge is 0.492 e. The summed E-state index contributed by atoms with van der Waals surface area (Å²) >= 11 is 0. The monoisotopic (exact) mass is 451 g/mol. The molecule has 1 aliphatic rings. The second kappa shape index (κ2) is 10.8. The number of benzene rings is 1. The molecule has 10 heteroatoms. The standard InChI is InChI=1S/C21H29N3O6S/c1-22-31(26,27)20-7-6-19(30-20)21(25)23-15-16-4-3-5-18(14-16)29-13-10-24(2)17-8-11-28-12-9-17/h3-7,14,17,22H,8-13,15H2,1-2H3,(H,23,25). The van der Waals surface area contributed by atoms with Gasteiger partial charge in [0, 0.05) is 32.3 Å². The van der Waals surface area contributed by atoms with Gasteiger partial charge in [0.1, 0.15) is 12.4 Å². The number of nitrogens with zero attached hydrogens (tertiary/aromatic N) is 1. The van der Waals surface area contributed by atoms with Gasteiger partial charge >= 0.3 is 0 Å². The SMILES string of the molecule is CNS(=O)(=O)c1ccc(C(=O)NCc2cccc(OCCN(C)C3CCOCC3)c2)o1. The number of carbonyl (C=O) groups is 1. The second-order valence-electron chi connectivity index (χ2n) is 7.33. The van der Waals surface area contributed by atoms with E-state index >= 15 is 0 Å². The molecule has 2 heterocycles. The molecule has 0 bridgehead atoms. The molecule has 170 valence electrons. The minimum absolute atomic E-state index is 0.0719. The lowest BCUT2D eigenvalue weighted by Crippen LogP contribution is -2.38. The van der Waals surface area contributed by atoms with Gasteiger partial charge in [-0.05, 0) is 56.8 Å². The van der Waals surface area contributed by atoms with Crippen LogP contribution in [0.1, 0.15) is 29.0 Å². The Morgan fingerprint density at radius 3 is 2.74 bits per heavy atom. The summed E-state index contributed by atoms with van der Waals surface area (Å²) in [6.45, 7) is 3.27. The predicted molar refractivity (Wildman–Crippen MR) is 115 cm³/mol. The van der Waals surface area contributed by atoms with E-state index < -0.39 is 15.9 Å². The molecule has 0 radical (unpaired) electrons. The molecule has 2 aromatic rings. The molecule has 9 nitrogen and oxygen atoms in total. The maximum atomic E-state index is 12.3. The molecule has 1 aromatic heterocycles. The fourth-order valence-electron chi connectivity index (χ4n) is 3.32. The molecule has 1 aliphatic heterocycles. The van der Waals surface area contributed by atoms with Gasteiger partial charge in [-0.2, -0.15) is 0 Å². The number of furan rings is 1. The number of ether oxygens (including phenoxy) is 2. The number of carbonyl (C=O) groups excluding carboxylic acids is 1. The van der Waals surface area contributed by atoms with Crippen molar-refractivity contribution in [3.63, 3.8) is 0 Å². The molecule has 0 spiro atoms. The summed E-state index contributed by atoms with van der Waals surface area (Å²) in [5.41, 5.74) is 0.859. The topological polar surface area (TPSA) is 110 Å². The first-order chi connectivity index (χ1) is 14.9. The van der Waals surface area contributed by atoms with Crippen molar-refractivity contribution in [2.75, 3.05) is 40.5 Å². The first kappa shape index (κ1) is 23.3. The van der Waals surface area contributed by atoms with Crippen molar-refractivity contribution in [3.05, 3.63) is 47.7 Å². The minimum atomic E-state index is -3.73. The van der Waals surface area contributed by atoms with E-state index in [1.807, 2.05) is 24.3 Å². The molecule has 31 heavy (non-hydrogen) atoms. The number of nitrogens with one attached hydrogen (secondary N) is 2. The Morgan fingerprint density at radius 1 is 1.23 bits per heavy atom. The summed E-state index contributed by atoms with van der Waals surface area (Å²) in [6.07, 6.45) is 2.09. The average Bonchev–Trinajstić information content (AvgIpc) is 3.30. The molecule has 1 amide bonds. The van der Waals surface area contributed by atoms with E-state index in [9.17, 15) is 13.2 Å². The molecule has 2 N–H and O–H groups in total. The Labute approximate surface area is 182 Å². The maximum Gasteiger partial charge on any atom is 0.287 e. The van der Waals surface area contributed by atoms with Crippen molar-refractivity contribution in [1.82, 2.24) is 14.9 Å². The number of hydrogen-bond donors (Lipinski definition) is 2. The molecule has 0 unspecified atom stereocenters. The van der Waals surface area contributed by atoms with Crippen molar-refractivity contribution in [2.24, 2.45) is 0 Å². The molecule has 1 saturated heterocycles. The maximum absolute atomic E-state index is 12.3. The summed E-state index contributed by atoms with van der Waals surface area (Å²) in [5, 5.41) is 2.41. The van der Waals surface area contributed by atoms with Crippen molar-refractivity contribution < 1.29 is 27.1 Å². The van der Waals surface area contributed by atoms with Gasteiger partial charge < -0.3 is 19.2 Å². The quantitative estimate of drug-likeness (QED) is 0.565. The van der Waals surface area contributed by atoms with E-state index in [4.69, 9.17) is 13.9 Å². The van der Waals surface area contributed by atoms with Gasteiger partial charge in [0.25, 0.3) is 15.9 Å². The van der Waals surface area contributed by atoms with Crippen LogP contribution in [0.5, 0.6) is 5.75 Å². The van der Waals surface area contributed by atoms with Crippen LogP contribution in [-0.4, -0.2) is 65.7 Å². The lowest BCUT2D eigenvalue weighted by Gasteiger charge is -2.31. The van der Waals surface area contributed by atoms with E-state index in [2.05, 4.69) is 22.0 Å². The van der Waals surface area contributed by atoms with Gasteiger partial charge in [0.2, 0.25) is 5.09 Å². The van der Waals surface area contributed by atoms with Crippen LogP contribution in [0, 0.1) is 0 Å². The Kier molecular flexibility index (Phi) is 8.08. The van der Waals surface area contributed by atoms with Gasteiger partial charge in [-0.1, -0.05) is 12.1 Å². The highest BCUT2D eigenvalue weighted by atomic mass is 32.2. The first-order valence-electron chi connectivity index (χ1n) is 10.2. The van der Waals surface area contributed by atoms with Crippen LogP contribution < -0.4 is 14.8 Å². The fourth-order valence-corrected chi connectivity index (χ4v) is 3.97. The fraction of sp³-hybridized carbons (Fsp3) is 0.476. The van der Waals surface area contributed by atoms with Gasteiger partial charge in [0.05, 0.1) is 0 Å². The summed E-state index contributed by atoms with van der Waals surface area (Å²) in [7, 11) is -0.351. The lowest BCUT2D eigenvalue weighted by atomic mass is 10.1. The Morgan fingerprint density at radius 2 is 2.00 bits per heavy atom. The number of sulfonamides is 1. The van der Waals surface area contributed by atoms with E-state index in [0.29, 0.717) is 12.6 Å². The van der Waals surface area contributed by atoms with Crippen LogP contribution in [0.3, 0.4) is 0 Å². The number of likely N-dealkylation sites (N-methyl/N-ethyl adjacent to an activating group) is 1. The summed E-state index contributed by atoms with van der Waals surface area (Å²) < 4.78 is 42.0. The summed E-state index contributed by atoms with van der Waals surface area (Å²) in [6, 6.07) is 10.6. The molecule has 3 rings (SSSR count). The van der Waals surface area contributed by atoms with E-state index in [1.165, 1.54) is 19.2 Å². The Bertz CT molecular complexity index is 969. The van der Waals surface area contributed by atoms with E-state index in [1.54, 1.807) is 0 Å². The van der Waals surface area contributed by atoms with Crippen LogP contribution in [0.2, 0.25) is 0 Å². The van der Waals surface area contributed by atoms with Gasteiger partial charge in [0.15, 0.2) is 5.76 Å². The third-order valence-electron chi connectivity index (χ3n) is 5.22. The highest BCUT2D eigenvalue weighted by molar-refractivity contribution is 7.89. The number of rotatable bonds is 10. The minimum Gasteiger partial charge on any atom is -0.492 e. The first-order valence-corrected chi connectivity index (χ1v) is 11.7. The molecule has 0 atom stereocenters. The van der Waals surface area contributed by atoms with Crippen LogP contribution in [0.25, 0.3) is 0 Å². The van der Waals surface area contributed by atoms with Gasteiger partial charge in [-0.15, -0.1) is 0 Å². The Balaban J connectivity index is 1.47.